The van der Waals surface area contributed by atoms with Gasteiger partial charge in [0.05, 0.1) is 0 Å². The molecule has 0 saturated carbocycles. The summed E-state index contributed by atoms with van der Waals surface area (Å²) in [5.74, 6) is 0. The summed E-state index contributed by atoms with van der Waals surface area (Å²) >= 11 is 8.48. The second-order valence-electron chi connectivity index (χ2n) is 14.2. The summed E-state index contributed by atoms with van der Waals surface area (Å²) in [4.78, 5) is 0. The highest BCUT2D eigenvalue weighted by Gasteiger charge is 2.40. The molecule has 226 valence electrons. The van der Waals surface area contributed by atoms with Crippen LogP contribution < -0.4 is 15.6 Å². The third-order valence-corrected chi connectivity index (χ3v) is 14.1. The molecule has 0 amide bonds. The van der Waals surface area contributed by atoms with E-state index in [4.69, 9.17) is 11.1 Å². The fourth-order valence-corrected chi connectivity index (χ4v) is 10.2. The molecule has 0 aliphatic carbocycles. The maximum absolute atomic E-state index is 8.48. The number of rotatable bonds is 7. The summed E-state index contributed by atoms with van der Waals surface area (Å²) in [7, 11) is -3.05. The van der Waals surface area contributed by atoms with E-state index in [0.29, 0.717) is 0 Å². The second kappa shape index (κ2) is 12.5. The van der Waals surface area contributed by atoms with E-state index in [1.807, 2.05) is 0 Å². The first kappa shape index (κ1) is 32.0. The molecule has 0 aliphatic heterocycles. The zero-order chi connectivity index (χ0) is 31.7. The molecule has 0 aliphatic rings. The van der Waals surface area contributed by atoms with E-state index in [0.717, 1.165) is 12.8 Å². The second-order valence-corrected chi connectivity index (χ2v) is 19.0. The molecular weight excluding hydrogens is 568 g/mol. The van der Waals surface area contributed by atoms with Crippen LogP contribution in [0.15, 0.2) is 115 Å². The SMILES string of the molecule is CCc1cc(CC)cc([Si](Cl)(c2cc(-c3ccccc3)cc(-c3ccccc3)c2)c2cc(C(C)(C)C)cc(C(C)(C)C)c2)c1. The van der Waals surface area contributed by atoms with Gasteiger partial charge in [0, 0.05) is 0 Å². The van der Waals surface area contributed by atoms with Crippen LogP contribution in [-0.2, 0) is 23.7 Å². The molecule has 0 radical (unpaired) electrons. The molecule has 0 bridgehead atoms. The Morgan fingerprint density at radius 2 is 0.841 bits per heavy atom. The average molecular weight is 615 g/mol. The lowest BCUT2D eigenvalue weighted by Gasteiger charge is -2.33. The van der Waals surface area contributed by atoms with Gasteiger partial charge in [0.15, 0.2) is 0 Å². The molecule has 1 unspecified atom stereocenters. The Morgan fingerprint density at radius 1 is 0.455 bits per heavy atom. The van der Waals surface area contributed by atoms with Crippen molar-refractivity contribution in [3.63, 3.8) is 0 Å². The normalized spacial score (nSPS) is 13.5. The highest BCUT2D eigenvalue weighted by molar-refractivity contribution is 7.40. The molecule has 0 N–H and O–H groups in total. The van der Waals surface area contributed by atoms with Crippen LogP contribution in [0, 0.1) is 0 Å². The van der Waals surface area contributed by atoms with Gasteiger partial charge in [-0.15, -0.1) is 11.1 Å². The lowest BCUT2D eigenvalue weighted by molar-refractivity contribution is 0.569. The van der Waals surface area contributed by atoms with E-state index >= 15 is 0 Å². The third-order valence-electron chi connectivity index (χ3n) is 8.87. The van der Waals surface area contributed by atoms with E-state index in [2.05, 4.69) is 171 Å². The van der Waals surface area contributed by atoms with Gasteiger partial charge in [-0.3, -0.25) is 0 Å². The highest BCUT2D eigenvalue weighted by atomic mass is 35.6. The van der Waals surface area contributed by atoms with E-state index < -0.39 is 7.38 Å². The highest BCUT2D eigenvalue weighted by Crippen LogP contribution is 2.32. The van der Waals surface area contributed by atoms with Crippen molar-refractivity contribution in [1.82, 2.24) is 0 Å². The largest absolute Gasteiger partial charge is 0.248 e. The molecule has 5 rings (SSSR count). The average Bonchev–Trinajstić information content (AvgIpc) is 3.03. The molecule has 5 aromatic carbocycles. The molecule has 1 atom stereocenters. The van der Waals surface area contributed by atoms with Gasteiger partial charge >= 0.3 is 0 Å². The molecule has 0 spiro atoms. The monoisotopic (exact) mass is 614 g/mol. The van der Waals surface area contributed by atoms with Crippen molar-refractivity contribution in [2.24, 2.45) is 0 Å². The Kier molecular flexibility index (Phi) is 9.13. The maximum Gasteiger partial charge on any atom is 0.248 e. The molecule has 2 heteroatoms. The summed E-state index contributed by atoms with van der Waals surface area (Å²) in [6.45, 7) is 18.4. The van der Waals surface area contributed by atoms with Gasteiger partial charge in [-0.2, -0.15) is 0 Å². The topological polar surface area (TPSA) is 0 Å². The first-order chi connectivity index (χ1) is 20.8. The molecule has 0 heterocycles. The molecule has 0 nitrogen and oxygen atoms in total. The van der Waals surface area contributed by atoms with Crippen molar-refractivity contribution in [1.29, 1.82) is 0 Å². The number of hydrogen-bond acceptors (Lipinski definition) is 0. The summed E-state index contributed by atoms with van der Waals surface area (Å²) in [5, 5.41) is 3.75. The van der Waals surface area contributed by atoms with Gasteiger partial charge in [-0.25, -0.2) is 0 Å². The van der Waals surface area contributed by atoms with Crippen molar-refractivity contribution < 1.29 is 0 Å². The summed E-state index contributed by atoms with van der Waals surface area (Å²) < 4.78 is 0. The van der Waals surface area contributed by atoms with Gasteiger partial charge < -0.3 is 0 Å². The van der Waals surface area contributed by atoms with Crippen LogP contribution in [0.2, 0.25) is 0 Å². The first-order valence-corrected chi connectivity index (χ1v) is 19.1. The van der Waals surface area contributed by atoms with Crippen LogP contribution >= 0.6 is 11.1 Å². The molecule has 0 fully saturated rings. The van der Waals surface area contributed by atoms with Gasteiger partial charge in [0.2, 0.25) is 7.38 Å². The predicted octanol–water partition coefficient (Wildman–Crippen LogP) is 9.95. The number of benzene rings is 5. The Balaban J connectivity index is 1.92. The smallest absolute Gasteiger partial charge is 0.149 e. The van der Waals surface area contributed by atoms with E-state index in [-0.39, 0.29) is 10.8 Å². The van der Waals surface area contributed by atoms with Gasteiger partial charge in [-0.1, -0.05) is 165 Å². The zero-order valence-corrected chi connectivity index (χ0v) is 29.5. The van der Waals surface area contributed by atoms with Gasteiger partial charge in [-0.05, 0) is 89.8 Å². The summed E-state index contributed by atoms with van der Waals surface area (Å²) in [6, 6.07) is 43.0. The number of halogens is 1. The molecule has 0 aromatic heterocycles. The lowest BCUT2D eigenvalue weighted by Crippen LogP contribution is -2.63. The number of aryl methyl sites for hydroxylation is 2. The Morgan fingerprint density at radius 3 is 1.23 bits per heavy atom. The molecule has 44 heavy (non-hydrogen) atoms. The van der Waals surface area contributed by atoms with Crippen molar-refractivity contribution in [2.75, 3.05) is 0 Å². The minimum absolute atomic E-state index is 0.0108. The first-order valence-electron chi connectivity index (χ1n) is 16.1. The quantitative estimate of drug-likeness (QED) is 0.0972. The Labute approximate surface area is 271 Å². The minimum Gasteiger partial charge on any atom is -0.149 e. The van der Waals surface area contributed by atoms with Crippen LogP contribution in [0.25, 0.3) is 22.3 Å². The Bertz CT molecular complexity index is 1630. The van der Waals surface area contributed by atoms with Crippen LogP contribution in [-0.4, -0.2) is 7.38 Å². The van der Waals surface area contributed by atoms with Crippen molar-refractivity contribution in [2.45, 2.75) is 79.1 Å². The standard InChI is InChI=1S/C42H47ClSi/c1-9-30-21-31(10-2)23-38(22-30)44(43,40-28-36(41(3,4)5)27-37(29-40)42(6,7)8)39-25-34(32-17-13-11-14-18-32)24-35(26-39)33-19-15-12-16-20-33/h11-29H,9-10H2,1-8H3. The van der Waals surface area contributed by atoms with Crippen LogP contribution in [0.3, 0.4) is 0 Å². The zero-order valence-electron chi connectivity index (χ0n) is 27.8. The van der Waals surface area contributed by atoms with Gasteiger partial charge in [0.1, 0.15) is 0 Å². The van der Waals surface area contributed by atoms with Crippen LogP contribution in [0.1, 0.15) is 77.6 Å². The van der Waals surface area contributed by atoms with E-state index in [9.17, 15) is 0 Å². The van der Waals surface area contributed by atoms with Crippen LogP contribution in [0.4, 0.5) is 0 Å². The molecule has 0 saturated heterocycles. The fourth-order valence-electron chi connectivity index (χ4n) is 5.98. The Hall–Kier alpha value is -3.39. The van der Waals surface area contributed by atoms with Crippen molar-refractivity contribution in [3.8, 4) is 22.3 Å². The van der Waals surface area contributed by atoms with Crippen molar-refractivity contribution >= 4 is 34.0 Å². The molecule has 5 aromatic rings. The molecular formula is C42H47ClSi. The summed E-state index contributed by atoms with van der Waals surface area (Å²) in [5.41, 5.74) is 10.2. The number of hydrogen-bond donors (Lipinski definition) is 0. The van der Waals surface area contributed by atoms with E-state index in [1.54, 1.807) is 0 Å². The van der Waals surface area contributed by atoms with Crippen LogP contribution in [0.5, 0.6) is 0 Å². The third kappa shape index (κ3) is 6.65. The maximum atomic E-state index is 8.48. The van der Waals surface area contributed by atoms with Gasteiger partial charge in [0.25, 0.3) is 0 Å². The fraction of sp³-hybridized carbons (Fsp3) is 0.286. The lowest BCUT2D eigenvalue weighted by atomic mass is 9.81. The minimum atomic E-state index is -3.05. The predicted molar refractivity (Wildman–Crippen MR) is 197 cm³/mol. The summed E-state index contributed by atoms with van der Waals surface area (Å²) in [6.07, 6.45) is 1.97. The van der Waals surface area contributed by atoms with E-state index in [1.165, 1.54) is 60.1 Å². The van der Waals surface area contributed by atoms with Crippen molar-refractivity contribution in [3.05, 3.63) is 138 Å².